The van der Waals surface area contributed by atoms with Crippen molar-refractivity contribution in [3.63, 3.8) is 0 Å². The van der Waals surface area contributed by atoms with E-state index in [1.165, 1.54) is 19.8 Å². The van der Waals surface area contributed by atoms with Gasteiger partial charge >= 0.3 is 12.1 Å². The average Bonchev–Trinajstić information content (AvgIpc) is 3.65. The summed E-state index contributed by atoms with van der Waals surface area (Å²) in [4.78, 5) is 17.4. The zero-order chi connectivity index (χ0) is 30.3. The fourth-order valence-corrected chi connectivity index (χ4v) is 4.62. The Morgan fingerprint density at radius 1 is 1.23 bits per heavy atom. The normalized spacial score (nSPS) is 23.0. The van der Waals surface area contributed by atoms with Gasteiger partial charge in [-0.2, -0.15) is 13.2 Å². The van der Waals surface area contributed by atoms with Gasteiger partial charge in [-0.1, -0.05) is 32.6 Å². The first-order chi connectivity index (χ1) is 18.7. The number of nitrogens with one attached hydrogen (secondary N) is 2. The van der Waals surface area contributed by atoms with Crippen LogP contribution >= 0.6 is 0 Å². The molecule has 40 heavy (non-hydrogen) atoms. The van der Waals surface area contributed by atoms with E-state index < -0.39 is 29.8 Å². The molecule has 7 nitrogen and oxygen atoms in total. The van der Waals surface area contributed by atoms with Crippen LogP contribution in [0.3, 0.4) is 0 Å². The summed E-state index contributed by atoms with van der Waals surface area (Å²) in [6.45, 7) is 16.4. The number of nitrogens with zero attached hydrogens (tertiary/aromatic N) is 2. The number of piperidine rings is 1. The number of carboxylic acids is 1. The first kappa shape index (κ1) is 32.9. The van der Waals surface area contributed by atoms with Gasteiger partial charge in [-0.05, 0) is 76.5 Å². The van der Waals surface area contributed by atoms with Crippen molar-refractivity contribution in [2.75, 3.05) is 13.1 Å². The van der Waals surface area contributed by atoms with Gasteiger partial charge in [0.25, 0.3) is 0 Å². The van der Waals surface area contributed by atoms with Crippen LogP contribution in [0.5, 0.6) is 0 Å². The van der Waals surface area contributed by atoms with Crippen molar-refractivity contribution in [3.8, 4) is 0 Å². The Hall–Kier alpha value is -3.27. The summed E-state index contributed by atoms with van der Waals surface area (Å²) in [7, 11) is 0. The van der Waals surface area contributed by atoms with Gasteiger partial charge in [0, 0.05) is 42.2 Å². The molecule has 222 valence electrons. The predicted molar refractivity (Wildman–Crippen MR) is 155 cm³/mol. The van der Waals surface area contributed by atoms with Gasteiger partial charge < -0.3 is 26.4 Å². The molecule has 0 aromatic heterocycles. The number of carbonyl (C=O) groups is 1. The number of nitrogens with two attached hydrogens (primary N) is 1. The second-order valence-corrected chi connectivity index (χ2v) is 10.4. The molecule has 10 heteroatoms. The highest BCUT2D eigenvalue weighted by atomic mass is 19.4. The van der Waals surface area contributed by atoms with Crippen LogP contribution in [-0.4, -0.2) is 53.2 Å². The molecule has 4 aliphatic rings. The Bertz CT molecular complexity index is 1130. The number of dihydropyridines is 1. The lowest BCUT2D eigenvalue weighted by Gasteiger charge is -2.35. The van der Waals surface area contributed by atoms with Gasteiger partial charge in [-0.3, -0.25) is 0 Å². The molecule has 5 N–H and O–H groups in total. The summed E-state index contributed by atoms with van der Waals surface area (Å²) in [6.07, 6.45) is 8.11. The standard InChI is InChI=1S/C20H27F3N4.C8H11NO2.C2H6/c1-4-15(20(21,22)23)12-16(14(3)24)18-25-13(2)11-17(26-18)27-9-7-19(5-6-19)8-10-27;1-5-3-4-6(2)9-7(5)8(10)11;1-2/h4,11-12,14H,2,5-10,24H2,1,3H3,(H,25,26);3-4,7,9H,1-2H3,(H,10,11);1-2H3/b15-4+,16-12-;;. The Kier molecular flexibility index (Phi) is 11.4. The number of likely N-dealkylation sites (tertiary alicyclic amines) is 1. The molecular weight excluding hydrogens is 519 g/mol. The first-order valence-electron chi connectivity index (χ1n) is 13.8. The van der Waals surface area contributed by atoms with Gasteiger partial charge in [-0.25, -0.2) is 9.79 Å². The molecule has 0 amide bonds. The van der Waals surface area contributed by atoms with Gasteiger partial charge in [-0.15, -0.1) is 0 Å². The molecule has 1 spiro atoms. The zero-order valence-corrected chi connectivity index (χ0v) is 24.5. The highest BCUT2D eigenvalue weighted by molar-refractivity contribution is 6.02. The molecule has 3 aliphatic heterocycles. The van der Waals surface area contributed by atoms with Crippen molar-refractivity contribution in [1.29, 1.82) is 0 Å². The van der Waals surface area contributed by atoms with E-state index in [-0.39, 0.29) is 0 Å². The topological polar surface area (TPSA) is 103 Å². The molecule has 0 aromatic rings. The number of carboxylic acid groups (broad SMARTS) is 1. The second kappa shape index (κ2) is 13.9. The maximum atomic E-state index is 13.2. The minimum atomic E-state index is -4.44. The van der Waals surface area contributed by atoms with E-state index >= 15 is 0 Å². The number of rotatable bonds is 5. The predicted octanol–water partition coefficient (Wildman–Crippen LogP) is 5.92. The van der Waals surface area contributed by atoms with Gasteiger partial charge in [0.2, 0.25) is 0 Å². The van der Waals surface area contributed by atoms with Crippen molar-refractivity contribution in [2.24, 2.45) is 16.1 Å². The highest BCUT2D eigenvalue weighted by Gasteiger charge is 2.44. The number of hydrogen-bond acceptors (Lipinski definition) is 6. The number of aliphatic carboxylic acids is 1. The van der Waals surface area contributed by atoms with Crippen LogP contribution in [0.2, 0.25) is 0 Å². The largest absolute Gasteiger partial charge is 0.479 e. The number of allylic oxidation sites excluding steroid dienone is 7. The van der Waals surface area contributed by atoms with Crippen molar-refractivity contribution in [2.45, 2.75) is 85.5 Å². The number of halogens is 3. The summed E-state index contributed by atoms with van der Waals surface area (Å²) < 4.78 is 39.5. The quantitative estimate of drug-likeness (QED) is 0.310. The van der Waals surface area contributed by atoms with Crippen LogP contribution in [-0.2, 0) is 4.79 Å². The van der Waals surface area contributed by atoms with Crippen LogP contribution < -0.4 is 16.4 Å². The fourth-order valence-electron chi connectivity index (χ4n) is 4.62. The molecule has 0 bridgehead atoms. The van der Waals surface area contributed by atoms with E-state index in [1.807, 2.05) is 39.0 Å². The van der Waals surface area contributed by atoms with Crippen LogP contribution in [0.4, 0.5) is 13.2 Å². The summed E-state index contributed by atoms with van der Waals surface area (Å²) in [6, 6.07) is -1.16. The Balaban J connectivity index is 0.000000360. The lowest BCUT2D eigenvalue weighted by atomic mass is 9.94. The van der Waals surface area contributed by atoms with Crippen molar-refractivity contribution in [3.05, 3.63) is 70.9 Å². The van der Waals surface area contributed by atoms with Crippen molar-refractivity contribution in [1.82, 2.24) is 15.5 Å². The van der Waals surface area contributed by atoms with Crippen LogP contribution in [0.25, 0.3) is 0 Å². The van der Waals surface area contributed by atoms with E-state index in [9.17, 15) is 18.0 Å². The number of aliphatic imine (C=N–C) groups is 1. The van der Waals surface area contributed by atoms with Crippen LogP contribution in [0, 0.1) is 5.41 Å². The fraction of sp³-hybridized carbons (Fsp3) is 0.533. The van der Waals surface area contributed by atoms with Gasteiger partial charge in [0.05, 0.1) is 5.57 Å². The Morgan fingerprint density at radius 3 is 2.27 bits per heavy atom. The number of hydrogen-bond donors (Lipinski definition) is 4. The minimum absolute atomic E-state index is 0.308. The molecule has 2 unspecified atom stereocenters. The zero-order valence-electron chi connectivity index (χ0n) is 24.5. The number of amidine groups is 1. The monoisotopic (exact) mass is 563 g/mol. The maximum Gasteiger partial charge on any atom is 0.416 e. The third-order valence-corrected chi connectivity index (χ3v) is 7.30. The molecule has 1 saturated heterocycles. The molecule has 1 saturated carbocycles. The minimum Gasteiger partial charge on any atom is -0.479 e. The lowest BCUT2D eigenvalue weighted by Crippen LogP contribution is -2.39. The molecule has 1 aliphatic carbocycles. The molecular formula is C30H44F3N5O2. The van der Waals surface area contributed by atoms with Crippen LogP contribution in [0.1, 0.15) is 67.2 Å². The summed E-state index contributed by atoms with van der Waals surface area (Å²) in [5, 5.41) is 14.5. The maximum absolute atomic E-state index is 13.2. The van der Waals surface area contributed by atoms with Crippen molar-refractivity contribution < 1.29 is 23.1 Å². The summed E-state index contributed by atoms with van der Waals surface area (Å²) in [5.74, 6) is 0.249. The summed E-state index contributed by atoms with van der Waals surface area (Å²) in [5.41, 5.74) is 8.41. The van der Waals surface area contributed by atoms with Gasteiger partial charge in [0.1, 0.15) is 17.7 Å². The van der Waals surface area contributed by atoms with Crippen molar-refractivity contribution >= 4 is 11.8 Å². The molecule has 2 atom stereocenters. The molecule has 0 radical (unpaired) electrons. The van der Waals surface area contributed by atoms with E-state index in [4.69, 9.17) is 10.8 Å². The third-order valence-electron chi connectivity index (χ3n) is 7.30. The third kappa shape index (κ3) is 8.87. The highest BCUT2D eigenvalue weighted by Crippen LogP contribution is 2.54. The van der Waals surface area contributed by atoms with E-state index in [0.717, 1.165) is 55.2 Å². The second-order valence-electron chi connectivity index (χ2n) is 10.4. The van der Waals surface area contributed by atoms with E-state index in [0.29, 0.717) is 22.5 Å². The first-order valence-corrected chi connectivity index (χ1v) is 13.8. The molecule has 2 fully saturated rings. The van der Waals surface area contributed by atoms with E-state index in [1.54, 1.807) is 13.8 Å². The number of alkyl halides is 3. The molecule has 4 rings (SSSR count). The van der Waals surface area contributed by atoms with Gasteiger partial charge in [0.15, 0.2) is 0 Å². The average molecular weight is 564 g/mol. The van der Waals surface area contributed by atoms with Crippen LogP contribution in [0.15, 0.2) is 75.9 Å². The smallest absolute Gasteiger partial charge is 0.416 e. The van der Waals surface area contributed by atoms with E-state index in [2.05, 4.69) is 27.1 Å². The molecule has 0 aromatic carbocycles. The Labute approximate surface area is 236 Å². The SMILES string of the molecule is C=C1C=C(N2CCC3(CC2)CC3)N=C(/C(=C\C(=C/C)C(F)(F)F)C(C)N)N1.CC.CC1=CC=C(C)C(C(=O)O)N1. The molecule has 3 heterocycles. The lowest BCUT2D eigenvalue weighted by molar-refractivity contribution is -0.138. The Morgan fingerprint density at radius 2 is 1.82 bits per heavy atom. The summed E-state index contributed by atoms with van der Waals surface area (Å²) >= 11 is 0.